The Morgan fingerprint density at radius 2 is 0.821 bits per heavy atom. The van der Waals surface area contributed by atoms with Crippen molar-refractivity contribution in [3.05, 3.63) is 0 Å². The third kappa shape index (κ3) is 55.1. The number of aldehydes is 1. The number of rotatable bonds is 44. The van der Waals surface area contributed by atoms with E-state index in [0.29, 0.717) is 25.6 Å². The van der Waals surface area contributed by atoms with Gasteiger partial charge in [0, 0.05) is 26.2 Å². The molecule has 6 nitrogen and oxygen atoms in total. The number of aliphatic hydroxyl groups excluding tert-OH is 1. The van der Waals surface area contributed by atoms with Gasteiger partial charge in [0.2, 0.25) is 0 Å². The molecule has 0 aromatic heterocycles. The molecule has 0 rings (SSSR count). The Morgan fingerprint density at radius 3 is 1.23 bits per heavy atom. The van der Waals surface area contributed by atoms with Crippen molar-refractivity contribution >= 4 is 12.8 Å². The summed E-state index contributed by atoms with van der Waals surface area (Å²) in [5.41, 5.74) is 0. The molecule has 0 aliphatic carbocycles. The summed E-state index contributed by atoms with van der Waals surface area (Å²) in [4.78, 5) is 23.5. The Morgan fingerprint density at radius 1 is 0.464 bits per heavy atom. The van der Waals surface area contributed by atoms with Crippen molar-refractivity contribution in [2.45, 2.75) is 253 Å². The largest absolute Gasteiger partial charge is 0.468 e. The highest BCUT2D eigenvalue weighted by molar-refractivity contribution is 5.53. The summed E-state index contributed by atoms with van der Waals surface area (Å²) in [7, 11) is 1.76. The SMILES string of the molecule is CCCCCCCCC(C)CCCCCC.CCCCCCCCC(C=O)CCCCCC.COCCCCCCN(CCCCO)CCCCCCOC=O. The van der Waals surface area contributed by atoms with Gasteiger partial charge in [0.05, 0.1) is 6.61 Å². The smallest absolute Gasteiger partial charge is 0.293 e. The molecule has 0 aliphatic heterocycles. The number of hydrogen-bond donors (Lipinski definition) is 1. The first kappa shape index (κ1) is 59.3. The van der Waals surface area contributed by atoms with Crippen LogP contribution in [0.4, 0.5) is 0 Å². The summed E-state index contributed by atoms with van der Waals surface area (Å²) in [6.07, 6.45) is 45.3. The average Bonchev–Trinajstić information content (AvgIpc) is 3.21. The summed E-state index contributed by atoms with van der Waals surface area (Å²) in [5, 5.41) is 8.93. The highest BCUT2D eigenvalue weighted by Gasteiger charge is 2.07. The molecule has 0 saturated heterocycles. The molecule has 0 aromatic rings. The van der Waals surface area contributed by atoms with E-state index in [1.54, 1.807) is 7.11 Å². The molecule has 0 fully saturated rings. The number of methoxy groups -OCH3 is 1. The van der Waals surface area contributed by atoms with Crippen LogP contribution in [0.2, 0.25) is 0 Å². The molecule has 0 aromatic carbocycles. The first-order chi connectivity index (χ1) is 27.5. The number of aliphatic hydroxyl groups is 1. The minimum atomic E-state index is 0.293. The molecule has 0 heterocycles. The third-order valence-electron chi connectivity index (χ3n) is 11.2. The number of carbonyl (C=O) groups is 2. The lowest BCUT2D eigenvalue weighted by atomic mass is 9.95. The molecule has 0 amide bonds. The van der Waals surface area contributed by atoms with E-state index >= 15 is 0 Å². The first-order valence-corrected chi connectivity index (χ1v) is 24.8. The minimum Gasteiger partial charge on any atom is -0.468 e. The van der Waals surface area contributed by atoms with Crippen LogP contribution in [0.1, 0.15) is 253 Å². The van der Waals surface area contributed by atoms with Crippen molar-refractivity contribution in [2.75, 3.05) is 46.6 Å². The van der Waals surface area contributed by atoms with E-state index in [1.807, 2.05) is 0 Å². The summed E-state index contributed by atoms with van der Waals surface area (Å²) in [5.74, 6) is 1.32. The molecular weight excluding hydrogens is 695 g/mol. The zero-order valence-corrected chi connectivity index (χ0v) is 39.1. The van der Waals surface area contributed by atoms with Crippen molar-refractivity contribution in [2.24, 2.45) is 11.8 Å². The molecule has 1 N–H and O–H groups in total. The quantitative estimate of drug-likeness (QED) is 0.0489. The molecule has 0 bridgehead atoms. The van der Waals surface area contributed by atoms with Crippen LogP contribution in [0.15, 0.2) is 0 Å². The fourth-order valence-corrected chi connectivity index (χ4v) is 7.28. The third-order valence-corrected chi connectivity index (χ3v) is 11.2. The van der Waals surface area contributed by atoms with Gasteiger partial charge in [-0.2, -0.15) is 0 Å². The van der Waals surface area contributed by atoms with Gasteiger partial charge in [-0.3, -0.25) is 4.79 Å². The van der Waals surface area contributed by atoms with Gasteiger partial charge in [-0.25, -0.2) is 0 Å². The van der Waals surface area contributed by atoms with Crippen LogP contribution in [0.25, 0.3) is 0 Å². The number of unbranched alkanes of at least 4 members (excludes halogenated alkanes) is 23. The van der Waals surface area contributed by atoms with E-state index in [9.17, 15) is 9.59 Å². The van der Waals surface area contributed by atoms with Crippen LogP contribution in [-0.4, -0.2) is 69.3 Å². The van der Waals surface area contributed by atoms with E-state index in [1.165, 1.54) is 180 Å². The zero-order valence-electron chi connectivity index (χ0n) is 39.1. The second-order valence-corrected chi connectivity index (χ2v) is 16.9. The average molecular weight is 798 g/mol. The molecule has 0 aliphatic rings. The maximum absolute atomic E-state index is 10.9. The van der Waals surface area contributed by atoms with Crippen LogP contribution >= 0.6 is 0 Å². The molecule has 338 valence electrons. The zero-order chi connectivity index (χ0) is 41.8. The summed E-state index contributed by atoms with van der Waals surface area (Å²) in [6.45, 7) is 17.1. The highest BCUT2D eigenvalue weighted by atomic mass is 16.5. The topological polar surface area (TPSA) is 76.1 Å². The van der Waals surface area contributed by atoms with Gasteiger partial charge in [0.25, 0.3) is 6.47 Å². The van der Waals surface area contributed by atoms with Crippen molar-refractivity contribution < 1.29 is 24.2 Å². The minimum absolute atomic E-state index is 0.293. The van der Waals surface area contributed by atoms with Crippen LogP contribution in [0.3, 0.4) is 0 Å². The Bertz CT molecular complexity index is 692. The van der Waals surface area contributed by atoms with Crippen molar-refractivity contribution in [3.8, 4) is 0 Å². The van der Waals surface area contributed by atoms with Crippen molar-refractivity contribution in [1.82, 2.24) is 4.90 Å². The molecular formula is C50H103NO5. The fourth-order valence-electron chi connectivity index (χ4n) is 7.28. The molecule has 2 unspecified atom stereocenters. The lowest BCUT2D eigenvalue weighted by Crippen LogP contribution is -2.27. The predicted octanol–water partition coefficient (Wildman–Crippen LogP) is 14.9. The second kappa shape index (κ2) is 56.1. The molecule has 0 radical (unpaired) electrons. The monoisotopic (exact) mass is 798 g/mol. The van der Waals surface area contributed by atoms with E-state index in [2.05, 4.69) is 39.5 Å². The van der Waals surface area contributed by atoms with E-state index in [-0.39, 0.29) is 0 Å². The molecule has 0 spiro atoms. The first-order valence-electron chi connectivity index (χ1n) is 24.8. The normalized spacial score (nSPS) is 12.1. The Balaban J connectivity index is -0.000000770. The highest BCUT2D eigenvalue weighted by Crippen LogP contribution is 2.19. The van der Waals surface area contributed by atoms with E-state index in [0.717, 1.165) is 77.1 Å². The van der Waals surface area contributed by atoms with Gasteiger partial charge >= 0.3 is 0 Å². The Hall–Kier alpha value is -0.980. The van der Waals surface area contributed by atoms with E-state index in [4.69, 9.17) is 14.6 Å². The van der Waals surface area contributed by atoms with Crippen molar-refractivity contribution in [1.29, 1.82) is 0 Å². The number of carbonyl (C=O) groups excluding carboxylic acids is 2. The van der Waals surface area contributed by atoms with Gasteiger partial charge in [-0.1, -0.05) is 202 Å². The number of nitrogens with zero attached hydrogens (tertiary/aromatic N) is 1. The second-order valence-electron chi connectivity index (χ2n) is 16.9. The fraction of sp³-hybridized carbons (Fsp3) is 0.960. The number of hydrogen-bond acceptors (Lipinski definition) is 6. The summed E-state index contributed by atoms with van der Waals surface area (Å²) < 4.78 is 9.77. The number of ether oxygens (including phenoxy) is 2. The lowest BCUT2D eigenvalue weighted by molar-refractivity contribution is -0.128. The van der Waals surface area contributed by atoms with Gasteiger partial charge in [0.1, 0.15) is 6.29 Å². The van der Waals surface area contributed by atoms with Gasteiger partial charge in [0.15, 0.2) is 0 Å². The van der Waals surface area contributed by atoms with Crippen LogP contribution in [0.5, 0.6) is 0 Å². The predicted molar refractivity (Wildman–Crippen MR) is 246 cm³/mol. The Kier molecular flexibility index (Phi) is 59.5. The standard InChI is InChI=1S/C18H37NO4.C16H32O.C16H34/c1-22-16-10-4-2-6-12-19(14-8-9-15-20)13-7-3-5-11-17-23-18-21;1-3-5-7-9-10-12-14-16(15-17)13-11-8-6-4-2;1-4-6-8-10-11-13-15-16(3)14-12-9-7-5-2/h18,20H,2-17H2,1H3;15-16H,3-14H2,1-2H3;16H,4-15H2,1-3H3. The Labute approximate surface area is 352 Å². The molecule has 2 atom stereocenters. The summed E-state index contributed by atoms with van der Waals surface area (Å²) in [6, 6.07) is 0. The molecule has 6 heteroatoms. The van der Waals surface area contributed by atoms with Crippen molar-refractivity contribution in [3.63, 3.8) is 0 Å². The maximum atomic E-state index is 10.9. The summed E-state index contributed by atoms with van der Waals surface area (Å²) >= 11 is 0. The van der Waals surface area contributed by atoms with Crippen LogP contribution in [-0.2, 0) is 19.1 Å². The van der Waals surface area contributed by atoms with Gasteiger partial charge in [-0.15, -0.1) is 0 Å². The maximum Gasteiger partial charge on any atom is 0.293 e. The molecule has 0 saturated carbocycles. The molecule has 56 heavy (non-hydrogen) atoms. The van der Waals surface area contributed by atoms with Crippen LogP contribution < -0.4 is 0 Å². The van der Waals surface area contributed by atoms with Crippen LogP contribution in [0, 0.1) is 11.8 Å². The van der Waals surface area contributed by atoms with E-state index < -0.39 is 0 Å². The lowest BCUT2D eigenvalue weighted by Gasteiger charge is -2.22. The van der Waals surface area contributed by atoms with Gasteiger partial charge in [-0.05, 0) is 76.9 Å². The van der Waals surface area contributed by atoms with Gasteiger partial charge < -0.3 is 24.3 Å².